The number of hydrogen-bond donors (Lipinski definition) is 2. The summed E-state index contributed by atoms with van der Waals surface area (Å²) in [5, 5.41) is 13.5. The summed E-state index contributed by atoms with van der Waals surface area (Å²) in [5.74, 6) is 0.251. The number of nitrogens with one attached hydrogen (secondary N) is 1. The number of hydrogen-bond acceptors (Lipinski definition) is 2. The zero-order valence-electron chi connectivity index (χ0n) is 10.1. The Kier molecular flexibility index (Phi) is 4.61. The maximum Gasteiger partial charge on any atom is 0.115 e. The average molecular weight is 361 g/mol. The Labute approximate surface area is 130 Å². The van der Waals surface area contributed by atoms with Crippen LogP contribution in [-0.2, 0) is 0 Å². The molecule has 2 nitrogen and oxygen atoms in total. The highest BCUT2D eigenvalue weighted by Gasteiger charge is 2.11. The van der Waals surface area contributed by atoms with Gasteiger partial charge in [-0.2, -0.15) is 0 Å². The third-order valence-electron chi connectivity index (χ3n) is 2.80. The molecule has 5 heteroatoms. The van der Waals surface area contributed by atoms with Gasteiger partial charge >= 0.3 is 0 Å². The molecule has 0 amide bonds. The van der Waals surface area contributed by atoms with Crippen molar-refractivity contribution in [3.8, 4) is 5.75 Å². The van der Waals surface area contributed by atoms with Gasteiger partial charge in [-0.25, -0.2) is 0 Å². The molecule has 0 aromatic heterocycles. The van der Waals surface area contributed by atoms with E-state index < -0.39 is 0 Å². The van der Waals surface area contributed by atoms with E-state index in [9.17, 15) is 5.11 Å². The number of halogens is 3. The summed E-state index contributed by atoms with van der Waals surface area (Å²) in [4.78, 5) is 0. The molecule has 0 heterocycles. The molecule has 1 unspecified atom stereocenters. The van der Waals surface area contributed by atoms with Crippen LogP contribution in [0.3, 0.4) is 0 Å². The number of anilines is 1. The van der Waals surface area contributed by atoms with Crippen molar-refractivity contribution in [3.63, 3.8) is 0 Å². The van der Waals surface area contributed by atoms with E-state index in [1.165, 1.54) is 0 Å². The summed E-state index contributed by atoms with van der Waals surface area (Å²) in [5.41, 5.74) is 1.82. The highest BCUT2D eigenvalue weighted by Crippen LogP contribution is 2.37. The Hall–Kier alpha value is -0.900. The number of benzene rings is 2. The zero-order chi connectivity index (χ0) is 14.0. The first-order valence-electron chi connectivity index (χ1n) is 5.68. The van der Waals surface area contributed by atoms with Gasteiger partial charge in [0.15, 0.2) is 0 Å². The van der Waals surface area contributed by atoms with Gasteiger partial charge in [-0.15, -0.1) is 0 Å². The largest absolute Gasteiger partial charge is 0.508 e. The minimum atomic E-state index is 0.0512. The van der Waals surface area contributed by atoms with Crippen LogP contribution in [0.4, 0.5) is 5.69 Å². The molecule has 2 aromatic carbocycles. The molecule has 0 spiro atoms. The van der Waals surface area contributed by atoms with Gasteiger partial charge in [0.05, 0.1) is 15.7 Å². The molecule has 1 atom stereocenters. The Morgan fingerprint density at radius 2 is 1.68 bits per heavy atom. The van der Waals surface area contributed by atoms with Gasteiger partial charge in [-0.1, -0.05) is 35.3 Å². The van der Waals surface area contributed by atoms with Crippen molar-refractivity contribution in [1.29, 1.82) is 0 Å². The second kappa shape index (κ2) is 6.04. The SMILES string of the molecule is CC(Nc1ccc(Br)c(Cl)c1Cl)c1ccc(O)cc1. The first-order chi connectivity index (χ1) is 8.99. The van der Waals surface area contributed by atoms with Gasteiger partial charge < -0.3 is 10.4 Å². The monoisotopic (exact) mass is 359 g/mol. The number of phenolic OH excluding ortho intramolecular Hbond substituents is 1. The summed E-state index contributed by atoms with van der Waals surface area (Å²) in [6, 6.07) is 10.8. The molecule has 0 saturated carbocycles. The molecule has 0 radical (unpaired) electrons. The predicted molar refractivity (Wildman–Crippen MR) is 84.3 cm³/mol. The van der Waals surface area contributed by atoms with E-state index in [0.29, 0.717) is 10.0 Å². The quantitative estimate of drug-likeness (QED) is 0.694. The topological polar surface area (TPSA) is 32.3 Å². The van der Waals surface area contributed by atoms with Crippen LogP contribution in [0, 0.1) is 0 Å². The first kappa shape index (κ1) is 14.5. The van der Waals surface area contributed by atoms with Crippen LogP contribution in [0.2, 0.25) is 10.0 Å². The van der Waals surface area contributed by atoms with Crippen LogP contribution in [0.1, 0.15) is 18.5 Å². The Morgan fingerprint density at radius 1 is 1.05 bits per heavy atom. The average Bonchev–Trinajstić information content (AvgIpc) is 2.40. The lowest BCUT2D eigenvalue weighted by molar-refractivity contribution is 0.475. The van der Waals surface area contributed by atoms with Gasteiger partial charge in [-0.05, 0) is 52.7 Å². The van der Waals surface area contributed by atoms with Crippen molar-refractivity contribution in [2.45, 2.75) is 13.0 Å². The summed E-state index contributed by atoms with van der Waals surface area (Å²) in [6.45, 7) is 2.01. The van der Waals surface area contributed by atoms with E-state index >= 15 is 0 Å². The lowest BCUT2D eigenvalue weighted by Crippen LogP contribution is -2.06. The van der Waals surface area contributed by atoms with Crippen LogP contribution in [0.25, 0.3) is 0 Å². The molecular weight excluding hydrogens is 349 g/mol. The van der Waals surface area contributed by atoms with Crippen molar-refractivity contribution in [3.05, 3.63) is 56.5 Å². The molecule has 0 fully saturated rings. The fraction of sp³-hybridized carbons (Fsp3) is 0.143. The van der Waals surface area contributed by atoms with E-state index in [0.717, 1.165) is 15.7 Å². The normalized spacial score (nSPS) is 12.2. The Bertz CT molecular complexity index is 587. The fourth-order valence-electron chi connectivity index (χ4n) is 1.72. The van der Waals surface area contributed by atoms with Gasteiger partial charge in [-0.3, -0.25) is 0 Å². The van der Waals surface area contributed by atoms with Crippen LogP contribution in [0.5, 0.6) is 5.75 Å². The second-order valence-electron chi connectivity index (χ2n) is 4.18. The lowest BCUT2D eigenvalue weighted by Gasteiger charge is -2.17. The van der Waals surface area contributed by atoms with Crippen molar-refractivity contribution in [2.24, 2.45) is 0 Å². The third-order valence-corrected chi connectivity index (χ3v) is 4.57. The molecular formula is C14H12BrCl2NO. The van der Waals surface area contributed by atoms with E-state index in [1.807, 2.05) is 31.2 Å². The smallest absolute Gasteiger partial charge is 0.115 e. The Morgan fingerprint density at radius 3 is 2.32 bits per heavy atom. The first-order valence-corrected chi connectivity index (χ1v) is 7.23. The second-order valence-corrected chi connectivity index (χ2v) is 5.79. The van der Waals surface area contributed by atoms with E-state index in [1.54, 1.807) is 12.1 Å². The molecule has 2 aromatic rings. The van der Waals surface area contributed by atoms with Gasteiger partial charge in [0.25, 0.3) is 0 Å². The molecule has 0 aliphatic carbocycles. The van der Waals surface area contributed by atoms with E-state index in [4.69, 9.17) is 23.2 Å². The molecule has 2 N–H and O–H groups in total. The summed E-state index contributed by atoms with van der Waals surface area (Å²) < 4.78 is 0.766. The summed E-state index contributed by atoms with van der Waals surface area (Å²) in [7, 11) is 0. The molecule has 100 valence electrons. The van der Waals surface area contributed by atoms with Crippen molar-refractivity contribution in [2.75, 3.05) is 5.32 Å². The molecule has 19 heavy (non-hydrogen) atoms. The number of rotatable bonds is 3. The minimum Gasteiger partial charge on any atom is -0.508 e. The predicted octanol–water partition coefficient (Wildman–Crippen LogP) is 5.63. The van der Waals surface area contributed by atoms with Crippen molar-refractivity contribution in [1.82, 2.24) is 0 Å². The third kappa shape index (κ3) is 3.35. The maximum absolute atomic E-state index is 9.28. The van der Waals surface area contributed by atoms with Gasteiger partial charge in [0, 0.05) is 10.5 Å². The summed E-state index contributed by atoms with van der Waals surface area (Å²) >= 11 is 15.6. The molecule has 0 aliphatic rings. The number of aromatic hydroxyl groups is 1. The molecule has 0 aliphatic heterocycles. The Balaban J connectivity index is 2.21. The van der Waals surface area contributed by atoms with E-state index in [-0.39, 0.29) is 11.8 Å². The minimum absolute atomic E-state index is 0.0512. The zero-order valence-corrected chi connectivity index (χ0v) is 13.2. The maximum atomic E-state index is 9.28. The summed E-state index contributed by atoms with van der Waals surface area (Å²) in [6.07, 6.45) is 0. The fourth-order valence-corrected chi connectivity index (χ4v) is 2.55. The van der Waals surface area contributed by atoms with Crippen LogP contribution in [-0.4, -0.2) is 5.11 Å². The van der Waals surface area contributed by atoms with E-state index in [2.05, 4.69) is 21.2 Å². The molecule has 0 bridgehead atoms. The van der Waals surface area contributed by atoms with Crippen molar-refractivity contribution >= 4 is 44.8 Å². The molecule has 0 saturated heterocycles. The molecule has 2 rings (SSSR count). The van der Waals surface area contributed by atoms with Gasteiger partial charge in [0.1, 0.15) is 5.75 Å². The highest BCUT2D eigenvalue weighted by atomic mass is 79.9. The van der Waals surface area contributed by atoms with Crippen LogP contribution >= 0.6 is 39.1 Å². The van der Waals surface area contributed by atoms with Gasteiger partial charge in [0.2, 0.25) is 0 Å². The van der Waals surface area contributed by atoms with Crippen LogP contribution < -0.4 is 5.32 Å². The number of phenols is 1. The standard InChI is InChI=1S/C14H12BrCl2NO/c1-8(9-2-4-10(19)5-3-9)18-12-7-6-11(15)13(16)14(12)17/h2-8,18-19H,1H3. The van der Waals surface area contributed by atoms with Crippen LogP contribution in [0.15, 0.2) is 40.9 Å². The highest BCUT2D eigenvalue weighted by molar-refractivity contribution is 9.10. The lowest BCUT2D eigenvalue weighted by atomic mass is 10.1. The van der Waals surface area contributed by atoms with Crippen molar-refractivity contribution < 1.29 is 5.11 Å².